The number of sulfonamides is 1. The lowest BCUT2D eigenvalue weighted by atomic mass is 9.88. The molecule has 4 aliphatic carbocycles. The molecule has 0 bridgehead atoms. The molecule has 5 fully saturated rings. The summed E-state index contributed by atoms with van der Waals surface area (Å²) < 4.78 is 93.9. The number of sulfone groups is 1. The maximum absolute atomic E-state index is 13.3. The van der Waals surface area contributed by atoms with Crippen molar-refractivity contribution in [2.24, 2.45) is 5.73 Å². The van der Waals surface area contributed by atoms with Crippen molar-refractivity contribution in [3.8, 4) is 97.1 Å². The van der Waals surface area contributed by atoms with E-state index in [4.69, 9.17) is 58.9 Å². The van der Waals surface area contributed by atoms with Gasteiger partial charge in [-0.05, 0) is 232 Å². The number of Topliss-reactive ketones (excluding diaryl/α,β-unsaturated/α-hetero) is 4. The molecule has 124 heavy (non-hydrogen) atoms. The number of fused-ring (bicyclic) bond motifs is 4. The summed E-state index contributed by atoms with van der Waals surface area (Å²) in [4.78, 5) is 72.3. The molecular formula is C99H91N7O16S2. The van der Waals surface area contributed by atoms with Gasteiger partial charge in [-0.3, -0.25) is 39.1 Å². The van der Waals surface area contributed by atoms with E-state index in [0.717, 1.165) is 154 Å². The maximum Gasteiger partial charge on any atom is 0.243 e. The lowest BCUT2D eigenvalue weighted by Gasteiger charge is -2.16. The number of nitrogens with zero attached hydrogens (tertiary/aromatic N) is 6. The van der Waals surface area contributed by atoms with Crippen LogP contribution in [-0.4, -0.2) is 111 Å². The fourth-order valence-corrected chi connectivity index (χ4v) is 19.0. The number of rotatable bonds is 24. The zero-order valence-electron chi connectivity index (χ0n) is 68.1. The van der Waals surface area contributed by atoms with Crippen LogP contribution in [0.4, 0.5) is 0 Å². The smallest absolute Gasteiger partial charge is 0.243 e. The summed E-state index contributed by atoms with van der Waals surface area (Å²) in [6.07, 6.45) is 10.8. The summed E-state index contributed by atoms with van der Waals surface area (Å²) >= 11 is 0. The molecule has 0 amide bonds. The van der Waals surface area contributed by atoms with Crippen LogP contribution in [0, 0.1) is 11.3 Å². The largest absolute Gasteiger partial charge is 0.454 e. The SMILES string of the molecule is CS(=O)(=O)c1ccc(-c2cccc(CC(=O)C3(c4ccc5c(c4)OCO5)CC3)n2)cc1.N#Cc1cccc(-c2cccc(CC(=O)C3(c4ccc5c(c4)OCO5)CC3)n2)c1.NCc1cccc(-c2cccc(CC(=O)C3(c4ccc5c(c4)OCO5)CC3)n2)c1.O=C(Cc1cccc(-c2ccc(S(=O)(=O)N3CCCC3)cc2)n1)C1(c2ccc3c(c2)OCO3)CC1.[HH].[HH]. The molecule has 0 radical (unpaired) electrons. The van der Waals surface area contributed by atoms with Crippen LogP contribution in [-0.2, 0) is 92.9 Å². The number of benzene rings is 8. The Morgan fingerprint density at radius 3 is 1.00 bits per heavy atom. The Balaban J connectivity index is 0.000000123. The number of aromatic nitrogens is 4. The normalized spacial score (nSPS) is 16.6. The molecule has 0 unspecified atom stereocenters. The highest BCUT2D eigenvalue weighted by atomic mass is 32.2. The quantitative estimate of drug-likeness (QED) is 0.0587. The van der Waals surface area contributed by atoms with E-state index in [0.29, 0.717) is 88.0 Å². The highest BCUT2D eigenvalue weighted by Crippen LogP contribution is 2.56. The molecule has 1 saturated heterocycles. The van der Waals surface area contributed by atoms with Crippen molar-refractivity contribution in [2.75, 3.05) is 46.5 Å². The Labute approximate surface area is 721 Å². The number of ketones is 4. The highest BCUT2D eigenvalue weighted by Gasteiger charge is 2.54. The number of pyridine rings is 4. The van der Waals surface area contributed by atoms with E-state index < -0.39 is 41.5 Å². The summed E-state index contributed by atoms with van der Waals surface area (Å²) in [6.45, 7) is 2.53. The predicted octanol–water partition coefficient (Wildman–Crippen LogP) is 16.3. The minimum absolute atomic E-state index is 0. The molecule has 23 nitrogen and oxygen atoms in total. The van der Waals surface area contributed by atoms with Crippen LogP contribution in [0.1, 0.15) is 123 Å². The van der Waals surface area contributed by atoms with Crippen molar-refractivity contribution < 1.29 is 76.8 Å². The van der Waals surface area contributed by atoms with Crippen molar-refractivity contribution in [3.63, 3.8) is 0 Å². The fourth-order valence-electron chi connectivity index (χ4n) is 16.8. The second-order valence-corrected chi connectivity index (χ2v) is 36.5. The van der Waals surface area contributed by atoms with Gasteiger partial charge in [-0.15, -0.1) is 0 Å². The number of hydrogen-bond donors (Lipinski definition) is 1. The van der Waals surface area contributed by atoms with E-state index >= 15 is 0 Å². The van der Waals surface area contributed by atoms with E-state index in [-0.39, 0.29) is 77.3 Å². The van der Waals surface area contributed by atoms with Gasteiger partial charge in [0.1, 0.15) is 23.1 Å². The van der Waals surface area contributed by atoms with Crippen molar-refractivity contribution >= 4 is 43.0 Å². The van der Waals surface area contributed by atoms with Gasteiger partial charge in [0.2, 0.25) is 37.2 Å². The van der Waals surface area contributed by atoms with Gasteiger partial charge in [-0.25, -0.2) is 16.8 Å². The van der Waals surface area contributed by atoms with Crippen molar-refractivity contribution in [2.45, 2.75) is 128 Å². The third-order valence-electron chi connectivity index (χ3n) is 24.6. The third-order valence-corrected chi connectivity index (χ3v) is 27.6. The molecule has 4 aromatic heterocycles. The number of carbonyl (C=O) groups excluding carboxylic acids is 4. The van der Waals surface area contributed by atoms with Gasteiger partial charge < -0.3 is 43.6 Å². The van der Waals surface area contributed by atoms with Crippen LogP contribution >= 0.6 is 0 Å². The number of nitrogens with two attached hydrogens (primary N) is 1. The first-order valence-electron chi connectivity index (χ1n) is 41.5. The second kappa shape index (κ2) is 33.9. The minimum atomic E-state index is -3.45. The lowest BCUT2D eigenvalue weighted by molar-refractivity contribution is -0.121. The first-order chi connectivity index (χ1) is 60.2. The number of nitriles is 1. The molecule has 25 heteroatoms. The van der Waals surface area contributed by atoms with Gasteiger partial charge in [-0.1, -0.05) is 103 Å². The van der Waals surface area contributed by atoms with Gasteiger partial charge in [0.25, 0.3) is 0 Å². The van der Waals surface area contributed by atoms with Gasteiger partial charge in [-0.2, -0.15) is 9.57 Å². The molecule has 630 valence electrons. The van der Waals surface area contributed by atoms with Crippen LogP contribution in [0.3, 0.4) is 0 Å². The zero-order valence-corrected chi connectivity index (χ0v) is 69.7. The lowest BCUT2D eigenvalue weighted by Crippen LogP contribution is -2.27. The van der Waals surface area contributed by atoms with Crippen molar-refractivity contribution in [3.05, 3.63) is 299 Å². The minimum Gasteiger partial charge on any atom is -0.454 e. The standard InChI is InChI=1S/C27H26N2O5S.C24H22N2O3.C24H18N2O3.C24H21NO5S.2H2/c30-26(27(12-13-27)20-8-11-24-25(16-20)34-18-33-24)17-21-4-3-5-23(28-21)19-6-9-22(10-7-19)35(31,32)29-14-1-2-15-29;2*25-14-16-3-1-4-17(11-16)20-6-2-5-19(26-20)13-23(27)24(9-10-24)18-7-8-21-22(12-18)29-15-28-21;1-31(27,28)19-8-5-16(6-9-19)20-4-2-3-18(25-20)14-23(26)24(11-12-24)17-7-10-21-22(13-17)30-15-29-21;;/h3-11,16H,1-2,12-15,17-18H2;1-8,11-12H,9-10,13-15,25H2;1-8,11-12H,9-10,13,15H2;2-10,13H,11-12,14-15H2,1H3;2*1H. The highest BCUT2D eigenvalue weighted by molar-refractivity contribution is 7.90. The number of carbonyl (C=O) groups is 4. The van der Waals surface area contributed by atoms with Gasteiger partial charge >= 0.3 is 0 Å². The van der Waals surface area contributed by atoms with E-state index in [1.165, 1.54) is 6.26 Å². The molecule has 5 aliphatic heterocycles. The monoisotopic (exact) mass is 1700 g/mol. The van der Waals surface area contributed by atoms with Crippen molar-refractivity contribution in [1.29, 1.82) is 5.26 Å². The molecule has 0 spiro atoms. The van der Waals surface area contributed by atoms with E-state index in [2.05, 4.69) is 16.0 Å². The van der Waals surface area contributed by atoms with E-state index in [1.54, 1.807) is 58.9 Å². The Kier molecular flexibility index (Phi) is 22.3. The summed E-state index contributed by atoms with van der Waals surface area (Å²) in [5.74, 6) is 6.37. The van der Waals surface area contributed by atoms with Gasteiger partial charge in [0.15, 0.2) is 55.8 Å². The Morgan fingerprint density at radius 1 is 0.371 bits per heavy atom. The Morgan fingerprint density at radius 2 is 0.677 bits per heavy atom. The third kappa shape index (κ3) is 17.1. The molecular weight excluding hydrogens is 1610 g/mol. The Hall–Kier alpha value is -13.3. The molecule has 4 saturated carbocycles. The average molecular weight is 1700 g/mol. The van der Waals surface area contributed by atoms with E-state index in [1.807, 2.05) is 188 Å². The second-order valence-electron chi connectivity index (χ2n) is 32.6. The summed E-state index contributed by atoms with van der Waals surface area (Å²) in [7, 11) is -6.70. The molecule has 12 aromatic rings. The van der Waals surface area contributed by atoms with Crippen LogP contribution in [0.25, 0.3) is 45.0 Å². The van der Waals surface area contributed by atoms with Crippen LogP contribution in [0.5, 0.6) is 46.0 Å². The van der Waals surface area contributed by atoms with Crippen LogP contribution < -0.4 is 43.6 Å². The van der Waals surface area contributed by atoms with Crippen LogP contribution in [0.15, 0.2) is 252 Å². The molecule has 21 rings (SSSR count). The number of hydrogen-bond acceptors (Lipinski definition) is 22. The predicted molar refractivity (Wildman–Crippen MR) is 465 cm³/mol. The van der Waals surface area contributed by atoms with Crippen LogP contribution in [0.2, 0.25) is 0 Å². The average Bonchev–Trinajstić information content (AvgIpc) is 1.60. The maximum atomic E-state index is 13.3. The Bertz CT molecular complexity index is 6490. The first kappa shape index (κ1) is 81.7. The summed E-state index contributed by atoms with van der Waals surface area (Å²) in [5.41, 5.74) is 19.0. The van der Waals surface area contributed by atoms with Gasteiger partial charge in [0, 0.05) is 99.5 Å². The molecule has 9 aliphatic rings. The topological polar surface area (TPSA) is 315 Å². The summed E-state index contributed by atoms with van der Waals surface area (Å²) in [5, 5.41) is 9.11. The molecule has 2 N–H and O–H groups in total. The zero-order chi connectivity index (χ0) is 85.4. The van der Waals surface area contributed by atoms with E-state index in [9.17, 15) is 36.0 Å². The number of ether oxygens (including phenoxy) is 8. The van der Waals surface area contributed by atoms with Crippen molar-refractivity contribution in [1.82, 2.24) is 24.2 Å². The molecule has 8 aromatic carbocycles. The molecule has 0 atom stereocenters. The summed E-state index contributed by atoms with van der Waals surface area (Å²) in [6, 6.07) is 76.8. The fraction of sp³-hybridized carbons (Fsp3) is 0.263. The van der Waals surface area contributed by atoms with Gasteiger partial charge in [0.05, 0.1) is 65.9 Å². The molecule has 9 heterocycles. The first-order valence-corrected chi connectivity index (χ1v) is 44.8.